The fraction of sp³-hybridized carbons (Fsp3) is 0.267. The van der Waals surface area contributed by atoms with Crippen LogP contribution < -0.4 is 5.32 Å². The number of carbonyl (C=O) groups excluding carboxylic acids is 4. The summed E-state index contributed by atoms with van der Waals surface area (Å²) in [5.41, 5.74) is 2.64. The minimum Gasteiger partial charge on any atom is -0.480 e. The zero-order valence-electron chi connectivity index (χ0n) is 22.6. The molecule has 0 radical (unpaired) electrons. The summed E-state index contributed by atoms with van der Waals surface area (Å²) in [6.07, 6.45) is 1.91. The lowest BCUT2D eigenvalue weighted by atomic mass is 9.98. The standard InChI is InChI=1S/C30H26N4O8S/c35-22(11-5-10-21(29(39)40)33-25(36)18-7-1-2-8-19(18)26(33)37)32-23-27(38)34-24(30(41)42)16(14-43-28(23)34)12-15-13-31-20-9-4-3-6-17(15)20/h1-4,6-9,13,21,23,28,31H,5,10-12,14H2,(H,32,35)(H,39,40)(H,41,42)/t21?,23-,28+/m1/s1. The van der Waals surface area contributed by atoms with Crippen LogP contribution in [0.15, 0.2) is 66.0 Å². The molecule has 3 aliphatic rings. The molecule has 4 N–H and O–H groups in total. The molecule has 12 nitrogen and oxygen atoms in total. The predicted molar refractivity (Wildman–Crippen MR) is 154 cm³/mol. The Morgan fingerprint density at radius 2 is 1.67 bits per heavy atom. The van der Waals surface area contributed by atoms with Gasteiger partial charge in [-0.05, 0) is 48.6 Å². The molecule has 43 heavy (non-hydrogen) atoms. The molecule has 0 saturated carbocycles. The lowest BCUT2D eigenvalue weighted by molar-refractivity contribution is -0.150. The number of β-lactam (4-membered cyclic amide) rings is 1. The van der Waals surface area contributed by atoms with Crippen LogP contribution in [0, 0.1) is 0 Å². The van der Waals surface area contributed by atoms with E-state index in [1.165, 1.54) is 28.8 Å². The number of aromatic amines is 1. The summed E-state index contributed by atoms with van der Waals surface area (Å²) in [6, 6.07) is 11.4. The van der Waals surface area contributed by atoms with Crippen LogP contribution in [0.2, 0.25) is 0 Å². The number of aromatic nitrogens is 1. The van der Waals surface area contributed by atoms with Gasteiger partial charge in [-0.15, -0.1) is 11.8 Å². The number of para-hydroxylation sites is 1. The van der Waals surface area contributed by atoms with Crippen molar-refractivity contribution in [3.63, 3.8) is 0 Å². The minimum absolute atomic E-state index is 0.0354. The molecule has 13 heteroatoms. The van der Waals surface area contributed by atoms with Crippen LogP contribution >= 0.6 is 11.8 Å². The Bertz CT molecular complexity index is 1710. The Morgan fingerprint density at radius 3 is 2.35 bits per heavy atom. The summed E-state index contributed by atoms with van der Waals surface area (Å²) < 4.78 is 0. The number of thioether (sulfide) groups is 1. The molecule has 1 unspecified atom stereocenters. The Labute approximate surface area is 248 Å². The molecule has 0 aliphatic carbocycles. The number of carboxylic acid groups (broad SMARTS) is 2. The molecule has 1 fully saturated rings. The Morgan fingerprint density at radius 1 is 1.00 bits per heavy atom. The van der Waals surface area contributed by atoms with E-state index in [9.17, 15) is 39.0 Å². The molecule has 2 aromatic carbocycles. The zero-order chi connectivity index (χ0) is 30.4. The Hall–Kier alpha value is -4.91. The molecule has 1 aromatic heterocycles. The number of rotatable bonds is 10. The van der Waals surface area contributed by atoms with Gasteiger partial charge in [0, 0.05) is 29.3 Å². The number of carboxylic acids is 2. The molecule has 0 bridgehead atoms. The number of H-pyrrole nitrogens is 1. The van der Waals surface area contributed by atoms with E-state index < -0.39 is 53.0 Å². The van der Waals surface area contributed by atoms with Gasteiger partial charge < -0.3 is 20.5 Å². The normalized spacial score (nSPS) is 20.1. The number of amides is 4. The quantitative estimate of drug-likeness (QED) is 0.200. The first-order valence-corrected chi connectivity index (χ1v) is 14.7. The van der Waals surface area contributed by atoms with Gasteiger partial charge in [0.05, 0.1) is 11.1 Å². The first-order valence-electron chi connectivity index (χ1n) is 13.6. The number of nitrogens with zero attached hydrogens (tertiary/aromatic N) is 2. The average molecular weight is 603 g/mol. The summed E-state index contributed by atoms with van der Waals surface area (Å²) in [5.74, 6) is -4.66. The van der Waals surface area contributed by atoms with Gasteiger partial charge in [-0.3, -0.25) is 29.0 Å². The van der Waals surface area contributed by atoms with E-state index in [0.717, 1.165) is 16.5 Å². The number of carbonyl (C=O) groups is 6. The van der Waals surface area contributed by atoms with Crippen LogP contribution in [0.4, 0.5) is 0 Å². The predicted octanol–water partition coefficient (Wildman–Crippen LogP) is 2.37. The van der Waals surface area contributed by atoms with E-state index in [4.69, 9.17) is 0 Å². The van der Waals surface area contributed by atoms with Crippen molar-refractivity contribution >= 4 is 58.2 Å². The number of hydrogen-bond donors (Lipinski definition) is 4. The van der Waals surface area contributed by atoms with Gasteiger partial charge in [-0.2, -0.15) is 0 Å². The summed E-state index contributed by atoms with van der Waals surface area (Å²) in [5, 5.41) is 22.8. The van der Waals surface area contributed by atoms with Gasteiger partial charge in [0.15, 0.2) is 0 Å². The lowest BCUT2D eigenvalue weighted by Gasteiger charge is -2.49. The number of benzene rings is 2. The fourth-order valence-corrected chi connectivity index (χ4v) is 7.23. The third-order valence-electron chi connectivity index (χ3n) is 7.95. The third kappa shape index (κ3) is 4.84. The SMILES string of the molecule is O=C(CCCC(C(=O)O)N1C(=O)c2ccccc2C1=O)N[C@@H]1C(=O)N2C(C(=O)O)=C(Cc3c[nH]c4ccccc34)CS[C@@H]12. The average Bonchev–Trinajstić information content (AvgIpc) is 3.51. The van der Waals surface area contributed by atoms with Crippen LogP contribution in [-0.2, 0) is 25.6 Å². The highest BCUT2D eigenvalue weighted by molar-refractivity contribution is 8.00. The molecule has 1 saturated heterocycles. The maximum atomic E-state index is 13.1. The molecule has 0 spiro atoms. The molecule has 4 heterocycles. The van der Waals surface area contributed by atoms with Crippen molar-refractivity contribution in [1.29, 1.82) is 0 Å². The van der Waals surface area contributed by atoms with Crippen molar-refractivity contribution in [1.82, 2.24) is 20.1 Å². The highest BCUT2D eigenvalue weighted by atomic mass is 32.2. The van der Waals surface area contributed by atoms with Crippen LogP contribution in [-0.4, -0.2) is 83.8 Å². The van der Waals surface area contributed by atoms with Crippen molar-refractivity contribution in [3.8, 4) is 0 Å². The molecule has 6 rings (SSSR count). The van der Waals surface area contributed by atoms with E-state index >= 15 is 0 Å². The molecule has 220 valence electrons. The highest BCUT2D eigenvalue weighted by Crippen LogP contribution is 2.41. The topological polar surface area (TPSA) is 177 Å². The molecule has 3 aromatic rings. The summed E-state index contributed by atoms with van der Waals surface area (Å²) >= 11 is 1.37. The van der Waals surface area contributed by atoms with E-state index in [1.54, 1.807) is 12.1 Å². The van der Waals surface area contributed by atoms with E-state index in [2.05, 4.69) is 10.3 Å². The second-order valence-electron chi connectivity index (χ2n) is 10.5. The van der Waals surface area contributed by atoms with E-state index in [0.29, 0.717) is 22.6 Å². The monoisotopic (exact) mass is 602 g/mol. The van der Waals surface area contributed by atoms with Crippen molar-refractivity contribution in [2.24, 2.45) is 0 Å². The third-order valence-corrected chi connectivity index (χ3v) is 9.29. The van der Waals surface area contributed by atoms with Crippen LogP contribution in [0.3, 0.4) is 0 Å². The van der Waals surface area contributed by atoms with Crippen molar-refractivity contribution in [2.75, 3.05) is 5.75 Å². The number of aliphatic carboxylic acids is 2. The molecule has 4 amide bonds. The van der Waals surface area contributed by atoms with Crippen LogP contribution in [0.5, 0.6) is 0 Å². The van der Waals surface area contributed by atoms with Crippen molar-refractivity contribution in [2.45, 2.75) is 43.1 Å². The summed E-state index contributed by atoms with van der Waals surface area (Å²) in [7, 11) is 0. The minimum atomic E-state index is -1.45. The Kier molecular flexibility index (Phi) is 7.26. The zero-order valence-corrected chi connectivity index (χ0v) is 23.4. The van der Waals surface area contributed by atoms with Crippen molar-refractivity contribution in [3.05, 3.63) is 82.7 Å². The van der Waals surface area contributed by atoms with E-state index in [1.807, 2.05) is 30.5 Å². The number of nitrogens with one attached hydrogen (secondary N) is 2. The number of hydrogen-bond acceptors (Lipinski definition) is 7. The first-order chi connectivity index (χ1) is 20.7. The maximum absolute atomic E-state index is 13.1. The summed E-state index contributed by atoms with van der Waals surface area (Å²) in [6.45, 7) is 0. The van der Waals surface area contributed by atoms with Gasteiger partial charge in [0.25, 0.3) is 17.7 Å². The highest BCUT2D eigenvalue weighted by Gasteiger charge is 2.54. The Balaban J connectivity index is 1.08. The molecular weight excluding hydrogens is 576 g/mol. The van der Waals surface area contributed by atoms with Gasteiger partial charge >= 0.3 is 11.9 Å². The van der Waals surface area contributed by atoms with Crippen molar-refractivity contribution < 1.29 is 39.0 Å². The van der Waals surface area contributed by atoms with E-state index in [-0.39, 0.29) is 36.1 Å². The van der Waals surface area contributed by atoms with Crippen LogP contribution in [0.1, 0.15) is 45.5 Å². The second-order valence-corrected chi connectivity index (χ2v) is 11.6. The van der Waals surface area contributed by atoms with Gasteiger partial charge in [0.1, 0.15) is 23.2 Å². The van der Waals surface area contributed by atoms with Gasteiger partial charge in [-0.25, -0.2) is 9.59 Å². The largest absolute Gasteiger partial charge is 0.480 e. The number of fused-ring (bicyclic) bond motifs is 3. The fourth-order valence-electron chi connectivity index (χ4n) is 5.88. The molecule has 3 atom stereocenters. The first kappa shape index (κ1) is 28.2. The lowest BCUT2D eigenvalue weighted by Crippen LogP contribution is -2.70. The van der Waals surface area contributed by atoms with Gasteiger partial charge in [0.2, 0.25) is 5.91 Å². The second kappa shape index (κ2) is 11.1. The van der Waals surface area contributed by atoms with Gasteiger partial charge in [-0.1, -0.05) is 30.3 Å². The van der Waals surface area contributed by atoms with Crippen LogP contribution in [0.25, 0.3) is 10.9 Å². The smallest absolute Gasteiger partial charge is 0.352 e. The maximum Gasteiger partial charge on any atom is 0.352 e. The number of imide groups is 1. The molecular formula is C30H26N4O8S. The molecule has 3 aliphatic heterocycles. The summed E-state index contributed by atoms with van der Waals surface area (Å²) in [4.78, 5) is 80.6.